The Bertz CT molecular complexity index is 705. The summed E-state index contributed by atoms with van der Waals surface area (Å²) in [5, 5.41) is 2.87. The molecular formula is C21H26FNO3. The van der Waals surface area contributed by atoms with Crippen molar-refractivity contribution in [2.24, 2.45) is 0 Å². The standard InChI is InChI=1S/C21H26FNO3/c1-3-18(26-20-14-8-6-12-17(20)22)21(24)23-15-9-11-16-10-5-7-13-19(16)25-4-2/h5-8,10,12-14,18H,3-4,9,11,15H2,1-2H3,(H,23,24). The van der Waals surface area contributed by atoms with Gasteiger partial charge in [-0.1, -0.05) is 37.3 Å². The van der Waals surface area contributed by atoms with Gasteiger partial charge in [-0.05, 0) is 49.9 Å². The molecule has 0 heterocycles. The molecule has 2 aromatic carbocycles. The van der Waals surface area contributed by atoms with E-state index < -0.39 is 11.9 Å². The van der Waals surface area contributed by atoms with Gasteiger partial charge in [0.15, 0.2) is 17.7 Å². The molecule has 0 aliphatic rings. The number of hydrogen-bond acceptors (Lipinski definition) is 3. The number of aryl methyl sites for hydroxylation is 1. The van der Waals surface area contributed by atoms with Crippen LogP contribution in [-0.2, 0) is 11.2 Å². The van der Waals surface area contributed by atoms with Gasteiger partial charge in [-0.15, -0.1) is 0 Å². The van der Waals surface area contributed by atoms with Crippen molar-refractivity contribution < 1.29 is 18.7 Å². The van der Waals surface area contributed by atoms with Gasteiger partial charge in [-0.25, -0.2) is 4.39 Å². The van der Waals surface area contributed by atoms with Crippen LogP contribution in [0.25, 0.3) is 0 Å². The second kappa shape index (κ2) is 10.4. The van der Waals surface area contributed by atoms with Gasteiger partial charge >= 0.3 is 0 Å². The molecule has 5 heteroatoms. The van der Waals surface area contributed by atoms with Crippen LogP contribution in [-0.4, -0.2) is 25.2 Å². The number of benzene rings is 2. The molecule has 1 unspecified atom stereocenters. The van der Waals surface area contributed by atoms with Crippen molar-refractivity contribution in [3.05, 3.63) is 59.9 Å². The second-order valence-electron chi connectivity index (χ2n) is 5.88. The van der Waals surface area contributed by atoms with Gasteiger partial charge in [0.2, 0.25) is 0 Å². The van der Waals surface area contributed by atoms with E-state index in [0.29, 0.717) is 19.6 Å². The molecule has 4 nitrogen and oxygen atoms in total. The summed E-state index contributed by atoms with van der Waals surface area (Å²) in [4.78, 5) is 12.3. The number of halogens is 1. The molecule has 0 fully saturated rings. The zero-order valence-corrected chi connectivity index (χ0v) is 15.3. The zero-order chi connectivity index (χ0) is 18.8. The predicted molar refractivity (Wildman–Crippen MR) is 100 cm³/mol. The largest absolute Gasteiger partial charge is 0.494 e. The summed E-state index contributed by atoms with van der Waals surface area (Å²) in [6.45, 7) is 4.94. The van der Waals surface area contributed by atoms with Crippen LogP contribution in [0, 0.1) is 5.82 Å². The van der Waals surface area contributed by atoms with Gasteiger partial charge in [0, 0.05) is 6.54 Å². The summed E-state index contributed by atoms with van der Waals surface area (Å²) in [6, 6.07) is 14.0. The average molecular weight is 359 g/mol. The highest BCUT2D eigenvalue weighted by Crippen LogP contribution is 2.20. The number of carbonyl (C=O) groups excluding carboxylic acids is 1. The summed E-state index contributed by atoms with van der Waals surface area (Å²) >= 11 is 0. The van der Waals surface area contributed by atoms with Crippen molar-refractivity contribution in [3.63, 3.8) is 0 Å². The minimum absolute atomic E-state index is 0.0974. The van der Waals surface area contributed by atoms with Crippen molar-refractivity contribution in [2.45, 2.75) is 39.2 Å². The van der Waals surface area contributed by atoms with Gasteiger partial charge in [0.25, 0.3) is 5.91 Å². The number of ether oxygens (including phenoxy) is 2. The van der Waals surface area contributed by atoms with E-state index in [1.54, 1.807) is 12.1 Å². The van der Waals surface area contributed by atoms with Crippen LogP contribution < -0.4 is 14.8 Å². The average Bonchev–Trinajstić information content (AvgIpc) is 2.66. The lowest BCUT2D eigenvalue weighted by molar-refractivity contribution is -0.128. The molecule has 1 atom stereocenters. The minimum atomic E-state index is -0.706. The Kier molecular flexibility index (Phi) is 7.93. The number of para-hydroxylation sites is 2. The monoisotopic (exact) mass is 359 g/mol. The Hall–Kier alpha value is -2.56. The van der Waals surface area contributed by atoms with E-state index in [4.69, 9.17) is 9.47 Å². The van der Waals surface area contributed by atoms with Gasteiger partial charge in [0.05, 0.1) is 6.61 Å². The maximum atomic E-state index is 13.7. The number of amides is 1. The summed E-state index contributed by atoms with van der Waals surface area (Å²) < 4.78 is 24.8. The topological polar surface area (TPSA) is 47.6 Å². The van der Waals surface area contributed by atoms with E-state index in [0.717, 1.165) is 24.2 Å². The van der Waals surface area contributed by atoms with Crippen molar-refractivity contribution in [2.75, 3.05) is 13.2 Å². The van der Waals surface area contributed by atoms with Crippen molar-refractivity contribution in [3.8, 4) is 11.5 Å². The first-order chi connectivity index (χ1) is 12.7. The van der Waals surface area contributed by atoms with E-state index >= 15 is 0 Å². The first-order valence-corrected chi connectivity index (χ1v) is 9.05. The SMILES string of the molecule is CCOc1ccccc1CCCNC(=O)C(CC)Oc1ccccc1F. The molecule has 0 spiro atoms. The Morgan fingerprint density at radius 2 is 1.77 bits per heavy atom. The Balaban J connectivity index is 1.81. The van der Waals surface area contributed by atoms with E-state index in [9.17, 15) is 9.18 Å². The van der Waals surface area contributed by atoms with Gasteiger partial charge in [0.1, 0.15) is 5.75 Å². The first-order valence-electron chi connectivity index (χ1n) is 9.05. The fraction of sp³-hybridized carbons (Fsp3) is 0.381. The molecule has 1 amide bonds. The summed E-state index contributed by atoms with van der Waals surface area (Å²) in [5.74, 6) is 0.288. The van der Waals surface area contributed by atoms with Crippen molar-refractivity contribution in [1.29, 1.82) is 0 Å². The maximum Gasteiger partial charge on any atom is 0.261 e. The minimum Gasteiger partial charge on any atom is -0.494 e. The molecule has 26 heavy (non-hydrogen) atoms. The van der Waals surface area contributed by atoms with Crippen molar-refractivity contribution in [1.82, 2.24) is 5.32 Å². The molecular weight excluding hydrogens is 333 g/mol. The number of rotatable bonds is 10. The van der Waals surface area contributed by atoms with E-state index in [1.165, 1.54) is 12.1 Å². The lowest BCUT2D eigenvalue weighted by Gasteiger charge is -2.17. The van der Waals surface area contributed by atoms with Crippen LogP contribution in [0.2, 0.25) is 0 Å². The third-order valence-electron chi connectivity index (χ3n) is 3.96. The highest BCUT2D eigenvalue weighted by Gasteiger charge is 2.19. The quantitative estimate of drug-likeness (QED) is 0.649. The van der Waals surface area contributed by atoms with Crippen LogP contribution in [0.1, 0.15) is 32.3 Å². The molecule has 0 aliphatic heterocycles. The molecule has 0 aromatic heterocycles. The van der Waals surface area contributed by atoms with Gasteiger partial charge in [-0.2, -0.15) is 0 Å². The number of nitrogens with one attached hydrogen (secondary N) is 1. The number of hydrogen-bond donors (Lipinski definition) is 1. The van der Waals surface area contributed by atoms with Crippen LogP contribution in [0.3, 0.4) is 0 Å². The van der Waals surface area contributed by atoms with Crippen molar-refractivity contribution >= 4 is 5.91 Å². The molecule has 0 aliphatic carbocycles. The van der Waals surface area contributed by atoms with E-state index in [-0.39, 0.29) is 11.7 Å². The third-order valence-corrected chi connectivity index (χ3v) is 3.96. The maximum absolute atomic E-state index is 13.7. The highest BCUT2D eigenvalue weighted by molar-refractivity contribution is 5.81. The molecule has 0 saturated heterocycles. The molecule has 0 saturated carbocycles. The third kappa shape index (κ3) is 5.76. The normalized spacial score (nSPS) is 11.7. The molecule has 140 valence electrons. The van der Waals surface area contributed by atoms with Gasteiger partial charge < -0.3 is 14.8 Å². The fourth-order valence-corrected chi connectivity index (χ4v) is 2.63. The molecule has 0 bridgehead atoms. The van der Waals surface area contributed by atoms with E-state index in [1.807, 2.05) is 38.1 Å². The molecule has 2 aromatic rings. The summed E-state index contributed by atoms with van der Waals surface area (Å²) in [7, 11) is 0. The lowest BCUT2D eigenvalue weighted by Crippen LogP contribution is -2.38. The summed E-state index contributed by atoms with van der Waals surface area (Å²) in [6.07, 6.45) is 1.35. The Morgan fingerprint density at radius 3 is 2.46 bits per heavy atom. The highest BCUT2D eigenvalue weighted by atomic mass is 19.1. The molecule has 2 rings (SSSR count). The summed E-state index contributed by atoms with van der Waals surface area (Å²) in [5.41, 5.74) is 1.12. The van der Waals surface area contributed by atoms with Crippen LogP contribution in [0.4, 0.5) is 4.39 Å². The fourth-order valence-electron chi connectivity index (χ4n) is 2.63. The lowest BCUT2D eigenvalue weighted by atomic mass is 10.1. The molecule has 0 radical (unpaired) electrons. The van der Waals surface area contributed by atoms with Gasteiger partial charge in [-0.3, -0.25) is 4.79 Å². The number of carbonyl (C=O) groups is 1. The zero-order valence-electron chi connectivity index (χ0n) is 15.3. The predicted octanol–water partition coefficient (Wildman–Crippen LogP) is 4.13. The molecule has 1 N–H and O–H groups in total. The van der Waals surface area contributed by atoms with E-state index in [2.05, 4.69) is 5.32 Å². The van der Waals surface area contributed by atoms with Crippen LogP contribution >= 0.6 is 0 Å². The first kappa shape index (κ1) is 19.8. The second-order valence-corrected chi connectivity index (χ2v) is 5.88. The smallest absolute Gasteiger partial charge is 0.261 e. The Morgan fingerprint density at radius 1 is 1.08 bits per heavy atom. The van der Waals surface area contributed by atoms with Crippen LogP contribution in [0.5, 0.6) is 11.5 Å². The van der Waals surface area contributed by atoms with Crippen LogP contribution in [0.15, 0.2) is 48.5 Å². The Labute approximate surface area is 154 Å².